The van der Waals surface area contributed by atoms with Gasteiger partial charge in [-0.05, 0) is 43.6 Å². The van der Waals surface area contributed by atoms with E-state index < -0.39 is 0 Å². The van der Waals surface area contributed by atoms with E-state index in [2.05, 4.69) is 50.3 Å². The van der Waals surface area contributed by atoms with Crippen LogP contribution in [-0.4, -0.2) is 50.6 Å². The minimum Gasteiger partial charge on any atom is -0.469 e. The summed E-state index contributed by atoms with van der Waals surface area (Å²) in [5.74, 6) is 1.61. The van der Waals surface area contributed by atoms with Gasteiger partial charge in [0, 0.05) is 33.1 Å². The number of likely N-dealkylation sites (tertiary alicyclic amines) is 1. The van der Waals surface area contributed by atoms with Gasteiger partial charge in [-0.1, -0.05) is 30.3 Å². The number of benzene rings is 1. The van der Waals surface area contributed by atoms with Gasteiger partial charge in [-0.15, -0.1) is 24.0 Å². The number of carbonyl (C=O) groups is 1. The third-order valence-corrected chi connectivity index (χ3v) is 4.81. The molecule has 0 bridgehead atoms. The highest BCUT2D eigenvalue weighted by atomic mass is 127. The Labute approximate surface area is 174 Å². The van der Waals surface area contributed by atoms with E-state index in [1.807, 2.05) is 7.05 Å². The summed E-state index contributed by atoms with van der Waals surface area (Å²) in [5, 5.41) is 3.42. The summed E-state index contributed by atoms with van der Waals surface area (Å²) in [6.07, 6.45) is 5.86. The molecule has 0 aliphatic carbocycles. The van der Waals surface area contributed by atoms with Crippen molar-refractivity contribution in [1.29, 1.82) is 0 Å². The number of methoxy groups -OCH3 is 1. The molecule has 1 aromatic carbocycles. The second kappa shape index (κ2) is 12.9. The first kappa shape index (κ1) is 22.7. The molecule has 2 rings (SSSR count). The van der Waals surface area contributed by atoms with E-state index in [-0.39, 0.29) is 29.9 Å². The van der Waals surface area contributed by atoms with Gasteiger partial charge in [-0.3, -0.25) is 9.79 Å². The number of esters is 1. The van der Waals surface area contributed by atoms with Crippen LogP contribution in [0, 0.1) is 5.92 Å². The molecule has 26 heavy (non-hydrogen) atoms. The largest absolute Gasteiger partial charge is 0.469 e. The predicted octanol–water partition coefficient (Wildman–Crippen LogP) is 3.48. The van der Waals surface area contributed by atoms with Crippen molar-refractivity contribution in [3.05, 3.63) is 35.9 Å². The van der Waals surface area contributed by atoms with Crippen LogP contribution in [0.4, 0.5) is 0 Å². The fourth-order valence-corrected chi connectivity index (χ4v) is 3.33. The standard InChI is InChI=1S/C20H31N3O2.HI/c1-21-20(22-13-7-6-10-19(24)25-2)23-14-11-18(12-15-23)16-17-8-4-3-5-9-17;/h3-5,8-9,18H,6-7,10-16H2,1-2H3,(H,21,22);1H. The first-order chi connectivity index (χ1) is 12.2. The van der Waals surface area contributed by atoms with E-state index in [0.717, 1.165) is 44.4 Å². The molecule has 1 saturated heterocycles. The summed E-state index contributed by atoms with van der Waals surface area (Å²) < 4.78 is 4.66. The molecule has 0 saturated carbocycles. The number of halogens is 1. The highest BCUT2D eigenvalue weighted by Crippen LogP contribution is 2.21. The molecule has 1 aliphatic heterocycles. The number of hydrogen-bond acceptors (Lipinski definition) is 3. The fraction of sp³-hybridized carbons (Fsp3) is 0.600. The maximum absolute atomic E-state index is 11.1. The van der Waals surface area contributed by atoms with E-state index in [4.69, 9.17) is 0 Å². The monoisotopic (exact) mass is 473 g/mol. The van der Waals surface area contributed by atoms with Crippen LogP contribution in [-0.2, 0) is 16.0 Å². The summed E-state index contributed by atoms with van der Waals surface area (Å²) in [6.45, 7) is 2.95. The van der Waals surface area contributed by atoms with Gasteiger partial charge in [0.2, 0.25) is 0 Å². The van der Waals surface area contributed by atoms with Gasteiger partial charge in [0.1, 0.15) is 0 Å². The lowest BCUT2D eigenvalue weighted by Gasteiger charge is -2.34. The van der Waals surface area contributed by atoms with Crippen molar-refractivity contribution in [2.75, 3.05) is 33.8 Å². The van der Waals surface area contributed by atoms with E-state index in [0.29, 0.717) is 6.42 Å². The maximum atomic E-state index is 11.1. The topological polar surface area (TPSA) is 53.9 Å². The molecule has 1 aromatic rings. The van der Waals surface area contributed by atoms with Crippen molar-refractivity contribution in [2.45, 2.75) is 38.5 Å². The number of rotatable bonds is 7. The molecule has 0 amide bonds. The van der Waals surface area contributed by atoms with Crippen molar-refractivity contribution in [3.8, 4) is 0 Å². The first-order valence-corrected chi connectivity index (χ1v) is 9.29. The Morgan fingerprint density at radius 2 is 1.92 bits per heavy atom. The van der Waals surface area contributed by atoms with Crippen molar-refractivity contribution in [1.82, 2.24) is 10.2 Å². The number of hydrogen-bond donors (Lipinski definition) is 1. The molecule has 0 unspecified atom stereocenters. The molecule has 0 spiro atoms. The average molecular weight is 473 g/mol. The summed E-state index contributed by atoms with van der Waals surface area (Å²) in [7, 11) is 3.27. The Balaban J connectivity index is 0.00000338. The molecule has 1 heterocycles. The third-order valence-electron chi connectivity index (χ3n) is 4.81. The number of piperidine rings is 1. The summed E-state index contributed by atoms with van der Waals surface area (Å²) >= 11 is 0. The van der Waals surface area contributed by atoms with Crippen molar-refractivity contribution in [2.24, 2.45) is 10.9 Å². The fourth-order valence-electron chi connectivity index (χ4n) is 3.33. The van der Waals surface area contributed by atoms with Crippen LogP contribution in [0.25, 0.3) is 0 Å². The Bertz CT molecular complexity index is 543. The molecule has 1 N–H and O–H groups in total. The molecule has 0 radical (unpaired) electrons. The smallest absolute Gasteiger partial charge is 0.305 e. The lowest BCUT2D eigenvalue weighted by molar-refractivity contribution is -0.140. The van der Waals surface area contributed by atoms with Crippen LogP contribution in [0.5, 0.6) is 0 Å². The van der Waals surface area contributed by atoms with Crippen LogP contribution in [0.15, 0.2) is 35.3 Å². The molecule has 0 aromatic heterocycles. The van der Waals surface area contributed by atoms with Crippen LogP contribution in [0.2, 0.25) is 0 Å². The Morgan fingerprint density at radius 3 is 2.54 bits per heavy atom. The number of aliphatic imine (C=N–C) groups is 1. The van der Waals surface area contributed by atoms with Gasteiger partial charge in [-0.2, -0.15) is 0 Å². The van der Waals surface area contributed by atoms with Crippen molar-refractivity contribution in [3.63, 3.8) is 0 Å². The molecule has 146 valence electrons. The number of unbranched alkanes of at least 4 members (excludes halogenated alkanes) is 1. The minimum atomic E-state index is -0.134. The van der Waals surface area contributed by atoms with Gasteiger partial charge >= 0.3 is 5.97 Å². The maximum Gasteiger partial charge on any atom is 0.305 e. The quantitative estimate of drug-likeness (QED) is 0.217. The number of nitrogens with zero attached hydrogens (tertiary/aromatic N) is 2. The number of ether oxygens (including phenoxy) is 1. The van der Waals surface area contributed by atoms with Crippen molar-refractivity contribution >= 4 is 35.9 Å². The zero-order chi connectivity index (χ0) is 17.9. The van der Waals surface area contributed by atoms with Crippen LogP contribution < -0.4 is 5.32 Å². The van der Waals surface area contributed by atoms with E-state index in [1.165, 1.54) is 31.9 Å². The Hall–Kier alpha value is -1.31. The number of nitrogens with one attached hydrogen (secondary N) is 1. The number of carbonyl (C=O) groups excluding carboxylic acids is 1. The highest BCUT2D eigenvalue weighted by molar-refractivity contribution is 14.0. The van der Waals surface area contributed by atoms with Crippen LogP contribution >= 0.6 is 24.0 Å². The summed E-state index contributed by atoms with van der Waals surface area (Å²) in [5.41, 5.74) is 1.44. The van der Waals surface area contributed by atoms with Crippen LogP contribution in [0.3, 0.4) is 0 Å². The lowest BCUT2D eigenvalue weighted by atomic mass is 9.90. The molecule has 0 atom stereocenters. The first-order valence-electron chi connectivity index (χ1n) is 9.29. The SMILES string of the molecule is CN=C(NCCCCC(=O)OC)N1CCC(Cc2ccccc2)CC1.I. The summed E-state index contributed by atoms with van der Waals surface area (Å²) in [4.78, 5) is 17.9. The average Bonchev–Trinajstić information content (AvgIpc) is 2.66. The second-order valence-corrected chi connectivity index (χ2v) is 6.63. The van der Waals surface area contributed by atoms with Gasteiger partial charge in [0.25, 0.3) is 0 Å². The minimum absolute atomic E-state index is 0. The predicted molar refractivity (Wildman–Crippen MR) is 117 cm³/mol. The van der Waals surface area contributed by atoms with E-state index in [1.54, 1.807) is 0 Å². The molecule has 5 nitrogen and oxygen atoms in total. The lowest BCUT2D eigenvalue weighted by Crippen LogP contribution is -2.46. The van der Waals surface area contributed by atoms with E-state index >= 15 is 0 Å². The molecule has 1 aliphatic rings. The molecule has 1 fully saturated rings. The molecular formula is C20H32IN3O2. The zero-order valence-corrected chi connectivity index (χ0v) is 18.3. The van der Waals surface area contributed by atoms with E-state index in [9.17, 15) is 4.79 Å². The molecule has 6 heteroatoms. The summed E-state index contributed by atoms with van der Waals surface area (Å²) in [6, 6.07) is 10.8. The van der Waals surface area contributed by atoms with Gasteiger partial charge in [0.05, 0.1) is 7.11 Å². The Kier molecular flexibility index (Phi) is 11.3. The highest BCUT2D eigenvalue weighted by Gasteiger charge is 2.21. The number of guanidine groups is 1. The van der Waals surface area contributed by atoms with Gasteiger partial charge in [0.15, 0.2) is 5.96 Å². The third kappa shape index (κ3) is 7.93. The van der Waals surface area contributed by atoms with Gasteiger partial charge < -0.3 is 15.0 Å². The zero-order valence-electron chi connectivity index (χ0n) is 15.9. The normalized spacial score (nSPS) is 15.3. The Morgan fingerprint density at radius 1 is 1.23 bits per heavy atom. The molecular weight excluding hydrogens is 441 g/mol. The van der Waals surface area contributed by atoms with Crippen molar-refractivity contribution < 1.29 is 9.53 Å². The second-order valence-electron chi connectivity index (χ2n) is 6.63. The van der Waals surface area contributed by atoms with Gasteiger partial charge in [-0.25, -0.2) is 0 Å². The van der Waals surface area contributed by atoms with Crippen LogP contribution in [0.1, 0.15) is 37.7 Å².